The highest BCUT2D eigenvalue weighted by molar-refractivity contribution is 7.91. The van der Waals surface area contributed by atoms with Gasteiger partial charge in [0.25, 0.3) is 0 Å². The van der Waals surface area contributed by atoms with Crippen molar-refractivity contribution < 1.29 is 18.3 Å². The molecule has 1 heterocycles. The minimum atomic E-state index is -3.03. The lowest BCUT2D eigenvalue weighted by Crippen LogP contribution is -2.64. The van der Waals surface area contributed by atoms with E-state index in [1.165, 1.54) is 24.8 Å². The molecule has 6 aliphatic rings. The standard InChI is InChI=1S/C34H55NO4S/c1-29(2)14-16-34(28(37)35-18-20-40(38,39)21-19-35)17-15-32(6)23(24(34)22-29)8-9-26-31(5)12-11-27(36)30(3,4)25(31)10-13-33(26,32)7/h25-27,36H,8-22H2,1-7H3/t25-,26?,27-,31-,32+,33+,34-/m0/s1. The van der Waals surface area contributed by atoms with Gasteiger partial charge in [-0.15, -0.1) is 0 Å². The number of rotatable bonds is 1. The first-order valence-corrected chi connectivity index (χ1v) is 18.2. The van der Waals surface area contributed by atoms with Gasteiger partial charge >= 0.3 is 0 Å². The van der Waals surface area contributed by atoms with E-state index >= 15 is 0 Å². The third kappa shape index (κ3) is 3.85. The molecule has 1 N–H and O–H groups in total. The molecule has 6 rings (SSSR count). The Bertz CT molecular complexity index is 1220. The molecule has 1 saturated heterocycles. The van der Waals surface area contributed by atoms with Crippen LogP contribution in [0.5, 0.6) is 0 Å². The zero-order valence-corrected chi connectivity index (χ0v) is 27.2. The number of aliphatic hydroxyl groups excluding tert-OH is 1. The summed E-state index contributed by atoms with van der Waals surface area (Å²) in [6, 6.07) is 0. The van der Waals surface area contributed by atoms with Gasteiger partial charge in [-0.05, 0) is 110 Å². The molecule has 7 atom stereocenters. The predicted molar refractivity (Wildman–Crippen MR) is 160 cm³/mol. The lowest BCUT2D eigenvalue weighted by molar-refractivity contribution is -0.204. The number of hydrogen-bond donors (Lipinski definition) is 1. The van der Waals surface area contributed by atoms with Gasteiger partial charge in [0.1, 0.15) is 0 Å². The zero-order valence-electron chi connectivity index (χ0n) is 26.4. The second-order valence-corrected chi connectivity index (χ2v) is 19.4. The minimum absolute atomic E-state index is 0.0442. The molecule has 1 aliphatic heterocycles. The molecule has 6 heteroatoms. The maximum Gasteiger partial charge on any atom is 0.232 e. The van der Waals surface area contributed by atoms with E-state index in [2.05, 4.69) is 48.5 Å². The highest BCUT2D eigenvalue weighted by Crippen LogP contribution is 2.75. The summed E-state index contributed by atoms with van der Waals surface area (Å²) in [5, 5.41) is 11.0. The van der Waals surface area contributed by atoms with Crippen LogP contribution >= 0.6 is 0 Å². The van der Waals surface area contributed by atoms with Crippen LogP contribution in [0.25, 0.3) is 0 Å². The topological polar surface area (TPSA) is 74.7 Å². The average Bonchev–Trinajstić information content (AvgIpc) is 2.86. The van der Waals surface area contributed by atoms with E-state index in [0.717, 1.165) is 51.4 Å². The number of allylic oxidation sites excluding steroid dienone is 1. The minimum Gasteiger partial charge on any atom is -0.393 e. The number of hydrogen-bond acceptors (Lipinski definition) is 4. The Morgan fingerprint density at radius 1 is 0.800 bits per heavy atom. The second-order valence-electron chi connectivity index (χ2n) is 17.1. The number of fused-ring (bicyclic) bond motifs is 6. The summed E-state index contributed by atoms with van der Waals surface area (Å²) in [4.78, 5) is 16.4. The van der Waals surface area contributed by atoms with Gasteiger partial charge in [-0.1, -0.05) is 59.6 Å². The molecular formula is C34H55NO4S. The van der Waals surface area contributed by atoms with Gasteiger partial charge in [-0.25, -0.2) is 8.42 Å². The van der Waals surface area contributed by atoms with E-state index in [0.29, 0.717) is 24.9 Å². The number of sulfone groups is 1. The lowest BCUT2D eigenvalue weighted by Gasteiger charge is -2.71. The molecule has 0 aromatic heterocycles. The lowest BCUT2D eigenvalue weighted by atomic mass is 9.34. The quantitative estimate of drug-likeness (QED) is 0.361. The smallest absolute Gasteiger partial charge is 0.232 e. The molecule has 5 nitrogen and oxygen atoms in total. The fourth-order valence-electron chi connectivity index (χ4n) is 11.8. The maximum atomic E-state index is 14.5. The summed E-state index contributed by atoms with van der Waals surface area (Å²) in [5.74, 6) is 1.62. The summed E-state index contributed by atoms with van der Waals surface area (Å²) in [6.45, 7) is 17.8. The number of carbonyl (C=O) groups excluding carboxylic acids is 1. The first-order chi connectivity index (χ1) is 18.4. The average molecular weight is 574 g/mol. The highest BCUT2D eigenvalue weighted by atomic mass is 32.2. The van der Waals surface area contributed by atoms with Crippen molar-refractivity contribution in [2.45, 2.75) is 125 Å². The Morgan fingerprint density at radius 2 is 1.45 bits per heavy atom. The van der Waals surface area contributed by atoms with Gasteiger partial charge in [-0.2, -0.15) is 0 Å². The molecule has 5 aliphatic carbocycles. The molecule has 0 aromatic carbocycles. The molecule has 226 valence electrons. The SMILES string of the molecule is CC1(C)CC[C@]2(C(=O)N3CCS(=O)(=O)CC3)CC[C@]3(C)C(=C2C1)CCC1[C@@]2(C)CC[C@H](O)C(C)(C)[C@@H]2CC[C@]13C. The Hall–Kier alpha value is -0.880. The normalized spacial score (nSPS) is 47.4. The predicted octanol–water partition coefficient (Wildman–Crippen LogP) is 6.55. The van der Waals surface area contributed by atoms with E-state index in [-0.39, 0.29) is 50.6 Å². The van der Waals surface area contributed by atoms with Crippen LogP contribution in [-0.2, 0) is 14.6 Å². The Kier molecular flexibility index (Phi) is 6.45. The van der Waals surface area contributed by atoms with Crippen LogP contribution in [0.15, 0.2) is 11.1 Å². The summed E-state index contributed by atoms with van der Waals surface area (Å²) >= 11 is 0. The van der Waals surface area contributed by atoms with Gasteiger partial charge in [-0.3, -0.25) is 4.79 Å². The fraction of sp³-hybridized carbons (Fsp3) is 0.912. The number of aliphatic hydroxyl groups is 1. The molecule has 0 bridgehead atoms. The fourth-order valence-corrected chi connectivity index (χ4v) is 13.0. The van der Waals surface area contributed by atoms with E-state index in [4.69, 9.17) is 0 Å². The van der Waals surface area contributed by atoms with Crippen molar-refractivity contribution in [2.75, 3.05) is 24.6 Å². The van der Waals surface area contributed by atoms with Gasteiger partial charge < -0.3 is 10.0 Å². The van der Waals surface area contributed by atoms with E-state index in [1.54, 1.807) is 5.57 Å². The molecule has 0 radical (unpaired) electrons. The van der Waals surface area contributed by atoms with Crippen molar-refractivity contribution in [1.82, 2.24) is 4.90 Å². The molecular weight excluding hydrogens is 518 g/mol. The molecule has 1 amide bonds. The van der Waals surface area contributed by atoms with Gasteiger partial charge in [0.2, 0.25) is 5.91 Å². The van der Waals surface area contributed by atoms with Crippen molar-refractivity contribution in [3.8, 4) is 0 Å². The summed E-state index contributed by atoms with van der Waals surface area (Å²) in [5.41, 5.74) is 3.28. The van der Waals surface area contributed by atoms with Crippen LogP contribution in [0.4, 0.5) is 0 Å². The van der Waals surface area contributed by atoms with Crippen molar-refractivity contribution >= 4 is 15.7 Å². The monoisotopic (exact) mass is 573 g/mol. The highest BCUT2D eigenvalue weighted by Gasteiger charge is 2.68. The van der Waals surface area contributed by atoms with Crippen molar-refractivity contribution in [1.29, 1.82) is 0 Å². The van der Waals surface area contributed by atoms with Crippen molar-refractivity contribution in [3.63, 3.8) is 0 Å². The molecule has 1 unspecified atom stereocenters. The van der Waals surface area contributed by atoms with Crippen molar-refractivity contribution in [3.05, 3.63) is 11.1 Å². The van der Waals surface area contributed by atoms with Crippen LogP contribution < -0.4 is 0 Å². The third-order valence-corrected chi connectivity index (χ3v) is 16.2. The molecule has 0 aromatic rings. The zero-order chi connectivity index (χ0) is 29.1. The number of carbonyl (C=O) groups is 1. The van der Waals surface area contributed by atoms with Crippen LogP contribution in [0.2, 0.25) is 0 Å². The Labute approximate surface area is 243 Å². The Balaban J connectivity index is 1.41. The second kappa shape index (κ2) is 8.83. The van der Waals surface area contributed by atoms with Crippen LogP contribution in [0.1, 0.15) is 119 Å². The Morgan fingerprint density at radius 3 is 2.12 bits per heavy atom. The summed E-state index contributed by atoms with van der Waals surface area (Å²) in [6.07, 6.45) is 11.4. The van der Waals surface area contributed by atoms with E-state index < -0.39 is 15.3 Å². The molecule has 0 spiro atoms. The maximum absolute atomic E-state index is 14.5. The van der Waals surface area contributed by atoms with Gasteiger partial charge in [0.05, 0.1) is 23.0 Å². The van der Waals surface area contributed by atoms with Crippen molar-refractivity contribution in [2.24, 2.45) is 44.3 Å². The van der Waals surface area contributed by atoms with E-state index in [9.17, 15) is 18.3 Å². The van der Waals surface area contributed by atoms with Gasteiger partial charge in [0.15, 0.2) is 9.84 Å². The first kappa shape index (κ1) is 29.2. The van der Waals surface area contributed by atoms with Crippen LogP contribution in [0, 0.1) is 44.3 Å². The third-order valence-electron chi connectivity index (χ3n) is 14.6. The summed E-state index contributed by atoms with van der Waals surface area (Å²) in [7, 11) is -3.03. The largest absolute Gasteiger partial charge is 0.393 e. The molecule has 5 fully saturated rings. The molecule has 4 saturated carbocycles. The van der Waals surface area contributed by atoms with Gasteiger partial charge in [0, 0.05) is 13.1 Å². The molecule has 40 heavy (non-hydrogen) atoms. The number of nitrogens with zero attached hydrogens (tertiary/aromatic N) is 1. The van der Waals surface area contributed by atoms with Crippen LogP contribution in [-0.4, -0.2) is 55.0 Å². The van der Waals surface area contributed by atoms with E-state index in [1.807, 2.05) is 4.90 Å². The number of amides is 1. The van der Waals surface area contributed by atoms with Crippen LogP contribution in [0.3, 0.4) is 0 Å². The summed E-state index contributed by atoms with van der Waals surface area (Å²) < 4.78 is 24.4. The first-order valence-electron chi connectivity index (χ1n) is 16.3.